The number of ether oxygens (including phenoxy) is 2. The monoisotopic (exact) mass is 407 g/mol. The quantitative estimate of drug-likeness (QED) is 0.441. The molecule has 1 aromatic heterocycles. The van der Waals surface area contributed by atoms with E-state index in [0.717, 1.165) is 22.7 Å². The maximum atomic E-state index is 5.96. The van der Waals surface area contributed by atoms with Crippen LogP contribution in [0.25, 0.3) is 5.69 Å². The number of methoxy groups -OCH3 is 1. The molecule has 0 aliphatic heterocycles. The smallest absolute Gasteiger partial charge is 0.191 e. The van der Waals surface area contributed by atoms with Crippen molar-refractivity contribution in [3.05, 3.63) is 72.6 Å². The fourth-order valence-electron chi connectivity index (χ4n) is 3.03. The van der Waals surface area contributed by atoms with E-state index in [4.69, 9.17) is 9.47 Å². The molecule has 30 heavy (non-hydrogen) atoms. The van der Waals surface area contributed by atoms with Gasteiger partial charge in [-0.25, -0.2) is 4.68 Å². The highest BCUT2D eigenvalue weighted by atomic mass is 16.5. The van der Waals surface area contributed by atoms with E-state index >= 15 is 0 Å². The van der Waals surface area contributed by atoms with E-state index in [1.807, 2.05) is 60.3 Å². The average molecular weight is 408 g/mol. The van der Waals surface area contributed by atoms with E-state index in [1.54, 1.807) is 20.4 Å². The van der Waals surface area contributed by atoms with E-state index < -0.39 is 0 Å². The second-order valence-corrected chi connectivity index (χ2v) is 6.97. The predicted octanol–water partition coefficient (Wildman–Crippen LogP) is 3.57. The molecule has 0 saturated heterocycles. The first kappa shape index (κ1) is 21.2. The fraction of sp³-hybridized carbons (Fsp3) is 0.304. The number of benzene rings is 2. The molecule has 7 nitrogen and oxygen atoms in total. The van der Waals surface area contributed by atoms with Crippen molar-refractivity contribution in [2.45, 2.75) is 26.0 Å². The van der Waals surface area contributed by atoms with Crippen molar-refractivity contribution < 1.29 is 9.47 Å². The van der Waals surface area contributed by atoms with Crippen LogP contribution in [0.3, 0.4) is 0 Å². The standard InChI is InChI=1S/C23H29N5O2/c1-17(30-22-11-6-10-21(15-22)29-4)16-25-23(24-3)27-18(2)19-8-5-9-20(14-19)28-13-7-12-26-28/h5-15,17-18H,16H2,1-4H3,(H2,24,25,27). The molecule has 0 saturated carbocycles. The lowest BCUT2D eigenvalue weighted by Crippen LogP contribution is -2.42. The van der Waals surface area contributed by atoms with Gasteiger partial charge in [-0.15, -0.1) is 0 Å². The summed E-state index contributed by atoms with van der Waals surface area (Å²) in [4.78, 5) is 4.33. The molecule has 0 spiro atoms. The highest BCUT2D eigenvalue weighted by Crippen LogP contribution is 2.20. The largest absolute Gasteiger partial charge is 0.497 e. The molecular formula is C23H29N5O2. The number of aromatic nitrogens is 2. The molecule has 0 aliphatic rings. The fourth-order valence-corrected chi connectivity index (χ4v) is 3.03. The topological polar surface area (TPSA) is 72.7 Å². The van der Waals surface area contributed by atoms with Crippen LogP contribution in [0, 0.1) is 0 Å². The Bertz CT molecular complexity index is 956. The zero-order valence-electron chi connectivity index (χ0n) is 17.9. The van der Waals surface area contributed by atoms with Crippen LogP contribution in [-0.4, -0.2) is 42.5 Å². The Kier molecular flexibility index (Phi) is 7.32. The molecule has 7 heteroatoms. The van der Waals surface area contributed by atoms with Crippen molar-refractivity contribution in [1.82, 2.24) is 20.4 Å². The van der Waals surface area contributed by atoms with Crippen LogP contribution in [-0.2, 0) is 0 Å². The van der Waals surface area contributed by atoms with Crippen molar-refractivity contribution in [3.63, 3.8) is 0 Å². The van der Waals surface area contributed by atoms with Crippen LogP contribution in [0.15, 0.2) is 72.0 Å². The first-order valence-electron chi connectivity index (χ1n) is 9.97. The molecule has 158 valence electrons. The van der Waals surface area contributed by atoms with Crippen LogP contribution in [0.2, 0.25) is 0 Å². The molecule has 2 aromatic carbocycles. The lowest BCUT2D eigenvalue weighted by molar-refractivity contribution is 0.223. The van der Waals surface area contributed by atoms with Crippen LogP contribution in [0.5, 0.6) is 11.5 Å². The third kappa shape index (κ3) is 5.76. The normalized spacial score (nSPS) is 13.4. The van der Waals surface area contributed by atoms with Gasteiger partial charge >= 0.3 is 0 Å². The van der Waals surface area contributed by atoms with Gasteiger partial charge in [0.05, 0.1) is 25.4 Å². The molecule has 2 N–H and O–H groups in total. The lowest BCUT2D eigenvalue weighted by atomic mass is 10.1. The highest BCUT2D eigenvalue weighted by Gasteiger charge is 2.11. The van der Waals surface area contributed by atoms with E-state index in [1.165, 1.54) is 0 Å². The Morgan fingerprint density at radius 3 is 2.63 bits per heavy atom. The minimum absolute atomic E-state index is 0.0471. The third-order valence-electron chi connectivity index (χ3n) is 4.65. The molecule has 0 aliphatic carbocycles. The van der Waals surface area contributed by atoms with Crippen molar-refractivity contribution in [3.8, 4) is 17.2 Å². The predicted molar refractivity (Wildman–Crippen MR) is 120 cm³/mol. The number of hydrogen-bond donors (Lipinski definition) is 2. The van der Waals surface area contributed by atoms with Crippen molar-refractivity contribution >= 4 is 5.96 Å². The zero-order valence-corrected chi connectivity index (χ0v) is 17.9. The second kappa shape index (κ2) is 10.3. The number of nitrogens with one attached hydrogen (secondary N) is 2. The second-order valence-electron chi connectivity index (χ2n) is 6.97. The molecule has 0 radical (unpaired) electrons. The zero-order chi connectivity index (χ0) is 21.3. The Hall–Kier alpha value is -3.48. The number of aliphatic imine (C=N–C) groups is 1. The van der Waals surface area contributed by atoms with Gasteiger partial charge in [-0.3, -0.25) is 4.99 Å². The summed E-state index contributed by atoms with van der Waals surface area (Å²) in [6.45, 7) is 4.72. The molecule has 3 aromatic rings. The lowest BCUT2D eigenvalue weighted by Gasteiger charge is -2.21. The number of guanidine groups is 1. The minimum atomic E-state index is -0.0471. The maximum absolute atomic E-state index is 5.96. The number of nitrogens with zero attached hydrogens (tertiary/aromatic N) is 3. The van der Waals surface area contributed by atoms with Crippen LogP contribution in [0.4, 0.5) is 0 Å². The number of rotatable bonds is 8. The Morgan fingerprint density at radius 1 is 1.10 bits per heavy atom. The van der Waals surface area contributed by atoms with Gasteiger partial charge in [-0.1, -0.05) is 18.2 Å². The Labute approximate surface area is 177 Å². The summed E-state index contributed by atoms with van der Waals surface area (Å²) in [5.74, 6) is 2.26. The van der Waals surface area contributed by atoms with Gasteiger partial charge in [0.25, 0.3) is 0 Å². The van der Waals surface area contributed by atoms with Gasteiger partial charge in [0, 0.05) is 25.5 Å². The average Bonchev–Trinajstić information content (AvgIpc) is 3.31. The molecule has 2 unspecified atom stereocenters. The van der Waals surface area contributed by atoms with E-state index in [9.17, 15) is 0 Å². The highest BCUT2D eigenvalue weighted by molar-refractivity contribution is 5.80. The summed E-state index contributed by atoms with van der Waals surface area (Å²) in [5.41, 5.74) is 2.17. The first-order valence-corrected chi connectivity index (χ1v) is 9.97. The summed E-state index contributed by atoms with van der Waals surface area (Å²) in [7, 11) is 3.40. The Morgan fingerprint density at radius 2 is 1.90 bits per heavy atom. The van der Waals surface area contributed by atoms with Crippen LogP contribution < -0.4 is 20.1 Å². The Balaban J connectivity index is 1.54. The van der Waals surface area contributed by atoms with Crippen molar-refractivity contribution in [2.75, 3.05) is 20.7 Å². The van der Waals surface area contributed by atoms with E-state index in [-0.39, 0.29) is 12.1 Å². The SMILES string of the molecule is CN=C(NCC(C)Oc1cccc(OC)c1)NC(C)c1cccc(-n2cccn2)c1. The van der Waals surface area contributed by atoms with Crippen LogP contribution >= 0.6 is 0 Å². The molecule has 3 rings (SSSR count). The van der Waals surface area contributed by atoms with Gasteiger partial charge < -0.3 is 20.1 Å². The van der Waals surface area contributed by atoms with Crippen LogP contribution in [0.1, 0.15) is 25.5 Å². The molecule has 2 atom stereocenters. The molecular weight excluding hydrogens is 378 g/mol. The molecule has 0 fully saturated rings. The first-order chi connectivity index (χ1) is 14.6. The third-order valence-corrected chi connectivity index (χ3v) is 4.65. The van der Waals surface area contributed by atoms with E-state index in [0.29, 0.717) is 12.5 Å². The summed E-state index contributed by atoms with van der Waals surface area (Å²) < 4.78 is 13.1. The van der Waals surface area contributed by atoms with Gasteiger partial charge in [0.1, 0.15) is 17.6 Å². The molecule has 1 heterocycles. The maximum Gasteiger partial charge on any atom is 0.191 e. The van der Waals surface area contributed by atoms with Crippen molar-refractivity contribution in [1.29, 1.82) is 0 Å². The number of hydrogen-bond acceptors (Lipinski definition) is 4. The summed E-state index contributed by atoms with van der Waals surface area (Å²) >= 11 is 0. The van der Waals surface area contributed by atoms with Gasteiger partial charge in [0.15, 0.2) is 5.96 Å². The summed E-state index contributed by atoms with van der Waals surface area (Å²) in [5, 5.41) is 11.0. The minimum Gasteiger partial charge on any atom is -0.497 e. The molecule has 0 amide bonds. The molecule has 0 bridgehead atoms. The van der Waals surface area contributed by atoms with Gasteiger partial charge in [-0.2, -0.15) is 5.10 Å². The van der Waals surface area contributed by atoms with Gasteiger partial charge in [0.2, 0.25) is 0 Å². The van der Waals surface area contributed by atoms with Crippen molar-refractivity contribution in [2.24, 2.45) is 4.99 Å². The summed E-state index contributed by atoms with van der Waals surface area (Å²) in [6.07, 6.45) is 3.66. The van der Waals surface area contributed by atoms with Gasteiger partial charge in [-0.05, 0) is 49.7 Å². The summed E-state index contributed by atoms with van der Waals surface area (Å²) in [6, 6.07) is 17.9. The van der Waals surface area contributed by atoms with E-state index in [2.05, 4.69) is 39.8 Å².